The maximum absolute atomic E-state index is 12.1. The number of carbonyl (C=O) groups is 2. The van der Waals surface area contributed by atoms with Gasteiger partial charge in [0.2, 0.25) is 0 Å². The summed E-state index contributed by atoms with van der Waals surface area (Å²) in [6.45, 7) is 6.00. The van der Waals surface area contributed by atoms with Crippen LogP contribution in [-0.2, 0) is 14.3 Å². The summed E-state index contributed by atoms with van der Waals surface area (Å²) in [4.78, 5) is 27.8. The van der Waals surface area contributed by atoms with Crippen LogP contribution in [0.1, 0.15) is 50.4 Å². The van der Waals surface area contributed by atoms with Gasteiger partial charge in [-0.25, -0.2) is 14.6 Å². The lowest BCUT2D eigenvalue weighted by Gasteiger charge is -2.36. The quantitative estimate of drug-likeness (QED) is 0.547. The molecule has 0 radical (unpaired) electrons. The largest absolute Gasteiger partial charge is 0.460 e. The van der Waals surface area contributed by atoms with Gasteiger partial charge in [0.1, 0.15) is 11.3 Å². The molecule has 0 spiro atoms. The Morgan fingerprint density at radius 3 is 2.68 bits per heavy atom. The molecule has 25 heavy (non-hydrogen) atoms. The number of rotatable bonds is 5. The summed E-state index contributed by atoms with van der Waals surface area (Å²) in [5.74, 6) is 0.0782. The lowest BCUT2D eigenvalue weighted by molar-refractivity contribution is -0.159. The van der Waals surface area contributed by atoms with E-state index in [2.05, 4.69) is 25.8 Å². The molecule has 3 atom stereocenters. The second-order valence-corrected chi connectivity index (χ2v) is 7.69. The molecule has 5 nitrogen and oxygen atoms in total. The van der Waals surface area contributed by atoms with Crippen molar-refractivity contribution in [3.05, 3.63) is 28.0 Å². The Kier molecular flexibility index (Phi) is 7.08. The topological polar surface area (TPSA) is 65.5 Å². The molecule has 0 N–H and O–H groups in total. The van der Waals surface area contributed by atoms with E-state index in [0.717, 1.165) is 19.3 Å². The van der Waals surface area contributed by atoms with Crippen LogP contribution >= 0.6 is 23.2 Å². The van der Waals surface area contributed by atoms with Gasteiger partial charge in [0.05, 0.1) is 10.6 Å². The van der Waals surface area contributed by atoms with Crippen molar-refractivity contribution < 1.29 is 19.1 Å². The maximum Gasteiger partial charge on any atom is 0.344 e. The van der Waals surface area contributed by atoms with Crippen LogP contribution in [0.2, 0.25) is 10.2 Å². The molecule has 1 fully saturated rings. The van der Waals surface area contributed by atoms with E-state index in [0.29, 0.717) is 17.8 Å². The van der Waals surface area contributed by atoms with Gasteiger partial charge in [-0.05, 0) is 36.7 Å². The SMILES string of the molecule is CC(C)[C@@H]1CC[C@H](C)C[C@H]1OC(=O)COC(=O)c1cnc(Cl)c(Cl)c1. The zero-order valence-electron chi connectivity index (χ0n) is 14.6. The minimum Gasteiger partial charge on any atom is -0.460 e. The first-order valence-corrected chi connectivity index (χ1v) is 9.21. The molecule has 0 aliphatic heterocycles. The summed E-state index contributed by atoms with van der Waals surface area (Å²) in [5.41, 5.74) is 0.133. The van der Waals surface area contributed by atoms with Crippen molar-refractivity contribution in [1.82, 2.24) is 4.98 Å². The number of ether oxygens (including phenoxy) is 2. The minimum absolute atomic E-state index is 0.101. The average molecular weight is 388 g/mol. The van der Waals surface area contributed by atoms with E-state index in [1.807, 2.05) is 0 Å². The molecule has 0 unspecified atom stereocenters. The van der Waals surface area contributed by atoms with E-state index in [1.54, 1.807) is 0 Å². The third kappa shape index (κ3) is 5.58. The first-order chi connectivity index (χ1) is 11.8. The second-order valence-electron chi connectivity index (χ2n) is 6.93. The van der Waals surface area contributed by atoms with Crippen molar-refractivity contribution in [3.63, 3.8) is 0 Å². The standard InChI is InChI=1S/C18H23Cl2NO4/c1-10(2)13-5-4-11(3)6-15(13)25-16(22)9-24-18(23)12-7-14(19)17(20)21-8-12/h7-8,10-11,13,15H,4-6,9H2,1-3H3/t11-,13-,15+/m0/s1. The Morgan fingerprint density at radius 1 is 1.32 bits per heavy atom. The number of aromatic nitrogens is 1. The van der Waals surface area contributed by atoms with Crippen LogP contribution in [0.5, 0.6) is 0 Å². The predicted octanol–water partition coefficient (Wildman–Crippen LogP) is 4.55. The van der Waals surface area contributed by atoms with Crippen molar-refractivity contribution in [1.29, 1.82) is 0 Å². The van der Waals surface area contributed by atoms with E-state index in [1.165, 1.54) is 12.3 Å². The number of carbonyl (C=O) groups excluding carboxylic acids is 2. The Morgan fingerprint density at radius 2 is 2.04 bits per heavy atom. The lowest BCUT2D eigenvalue weighted by atomic mass is 9.75. The van der Waals surface area contributed by atoms with Gasteiger partial charge >= 0.3 is 11.9 Å². The molecule has 0 saturated heterocycles. The molecular weight excluding hydrogens is 365 g/mol. The number of halogens is 2. The van der Waals surface area contributed by atoms with Crippen molar-refractivity contribution in [2.24, 2.45) is 17.8 Å². The van der Waals surface area contributed by atoms with Crippen LogP contribution in [0, 0.1) is 17.8 Å². The van der Waals surface area contributed by atoms with E-state index in [9.17, 15) is 9.59 Å². The third-order valence-electron chi connectivity index (χ3n) is 4.60. The molecule has 1 heterocycles. The van der Waals surface area contributed by atoms with Crippen LogP contribution in [0.25, 0.3) is 0 Å². The molecule has 0 bridgehead atoms. The first kappa shape index (κ1) is 20.0. The number of hydrogen-bond acceptors (Lipinski definition) is 5. The zero-order valence-corrected chi connectivity index (χ0v) is 16.1. The molecule has 1 aliphatic carbocycles. The molecule has 1 aromatic heterocycles. The number of hydrogen-bond donors (Lipinski definition) is 0. The average Bonchev–Trinajstić information content (AvgIpc) is 2.55. The fraction of sp³-hybridized carbons (Fsp3) is 0.611. The summed E-state index contributed by atoms with van der Waals surface area (Å²) >= 11 is 11.5. The fourth-order valence-electron chi connectivity index (χ4n) is 3.19. The van der Waals surface area contributed by atoms with Crippen molar-refractivity contribution >= 4 is 35.1 Å². The minimum atomic E-state index is -0.694. The van der Waals surface area contributed by atoms with E-state index < -0.39 is 18.5 Å². The highest BCUT2D eigenvalue weighted by molar-refractivity contribution is 6.41. The Hall–Kier alpha value is -1.33. The Labute approximate surface area is 158 Å². The van der Waals surface area contributed by atoms with Crippen molar-refractivity contribution in [2.45, 2.75) is 46.1 Å². The maximum atomic E-state index is 12.1. The molecule has 1 saturated carbocycles. The highest BCUT2D eigenvalue weighted by atomic mass is 35.5. The number of pyridine rings is 1. The number of nitrogens with zero attached hydrogens (tertiary/aromatic N) is 1. The zero-order chi connectivity index (χ0) is 18.6. The number of esters is 2. The molecule has 2 rings (SSSR count). The van der Waals surface area contributed by atoms with Gasteiger partial charge in [0, 0.05) is 6.20 Å². The van der Waals surface area contributed by atoms with Gasteiger partial charge in [-0.2, -0.15) is 0 Å². The first-order valence-electron chi connectivity index (χ1n) is 8.45. The van der Waals surface area contributed by atoms with Gasteiger partial charge in [-0.3, -0.25) is 0 Å². The van der Waals surface area contributed by atoms with Gasteiger partial charge in [-0.1, -0.05) is 50.4 Å². The van der Waals surface area contributed by atoms with Crippen LogP contribution < -0.4 is 0 Å². The van der Waals surface area contributed by atoms with Gasteiger partial charge < -0.3 is 9.47 Å². The van der Waals surface area contributed by atoms with Crippen LogP contribution in [0.15, 0.2) is 12.3 Å². The van der Waals surface area contributed by atoms with Crippen molar-refractivity contribution in [3.8, 4) is 0 Å². The van der Waals surface area contributed by atoms with Gasteiger partial charge in [0.15, 0.2) is 6.61 Å². The van der Waals surface area contributed by atoms with Crippen LogP contribution in [0.4, 0.5) is 0 Å². The molecule has 0 amide bonds. The van der Waals surface area contributed by atoms with E-state index >= 15 is 0 Å². The molecular formula is C18H23Cl2NO4. The van der Waals surface area contributed by atoms with Crippen molar-refractivity contribution in [2.75, 3.05) is 6.61 Å². The summed E-state index contributed by atoms with van der Waals surface area (Å²) in [7, 11) is 0. The fourth-order valence-corrected chi connectivity index (χ4v) is 3.46. The second kappa shape index (κ2) is 8.86. The van der Waals surface area contributed by atoms with E-state index in [4.69, 9.17) is 32.7 Å². The van der Waals surface area contributed by atoms with Gasteiger partial charge in [0.25, 0.3) is 0 Å². The smallest absolute Gasteiger partial charge is 0.344 e. The summed E-state index contributed by atoms with van der Waals surface area (Å²) in [5, 5.41) is 0.249. The molecule has 0 aromatic carbocycles. The monoisotopic (exact) mass is 387 g/mol. The van der Waals surface area contributed by atoms with Crippen LogP contribution in [-0.4, -0.2) is 29.6 Å². The van der Waals surface area contributed by atoms with E-state index in [-0.39, 0.29) is 21.8 Å². The van der Waals surface area contributed by atoms with Crippen LogP contribution in [0.3, 0.4) is 0 Å². The molecule has 7 heteroatoms. The summed E-state index contributed by atoms with van der Waals surface area (Å²) in [6.07, 6.45) is 4.17. The molecule has 1 aliphatic rings. The summed E-state index contributed by atoms with van der Waals surface area (Å²) in [6, 6.07) is 1.35. The molecule has 1 aromatic rings. The normalized spacial score (nSPS) is 23.4. The lowest BCUT2D eigenvalue weighted by Crippen LogP contribution is -2.36. The van der Waals surface area contributed by atoms with Gasteiger partial charge in [-0.15, -0.1) is 0 Å². The highest BCUT2D eigenvalue weighted by Crippen LogP contribution is 2.35. The Balaban J connectivity index is 1.88. The summed E-state index contributed by atoms with van der Waals surface area (Å²) < 4.78 is 10.6. The highest BCUT2D eigenvalue weighted by Gasteiger charge is 2.33. The molecule has 138 valence electrons. The third-order valence-corrected chi connectivity index (χ3v) is 5.28. The Bertz CT molecular complexity index is 636. The predicted molar refractivity (Wildman–Crippen MR) is 95.8 cm³/mol.